The van der Waals surface area contributed by atoms with E-state index in [0.717, 1.165) is 5.82 Å². The van der Waals surface area contributed by atoms with Gasteiger partial charge < -0.3 is 10.3 Å². The molecule has 0 radical (unpaired) electrons. The molecule has 2 N–H and O–H groups in total. The van der Waals surface area contributed by atoms with Crippen molar-refractivity contribution in [1.29, 1.82) is 0 Å². The quantitative estimate of drug-likeness (QED) is 0.795. The summed E-state index contributed by atoms with van der Waals surface area (Å²) < 4.78 is 0. The summed E-state index contributed by atoms with van der Waals surface area (Å²) in [5.41, 5.74) is -0.0736. The van der Waals surface area contributed by atoms with Gasteiger partial charge in [-0.25, -0.2) is 4.98 Å². The van der Waals surface area contributed by atoms with E-state index >= 15 is 0 Å². The van der Waals surface area contributed by atoms with Crippen LogP contribution in [0.25, 0.3) is 0 Å². The highest BCUT2D eigenvalue weighted by molar-refractivity contribution is 5.35. The van der Waals surface area contributed by atoms with Crippen molar-refractivity contribution in [2.24, 2.45) is 0 Å². The molecule has 82 valence electrons. The Morgan fingerprint density at radius 3 is 2.80 bits per heavy atom. The first-order valence-electron chi connectivity index (χ1n) is 5.53. The summed E-state index contributed by atoms with van der Waals surface area (Å²) in [7, 11) is 0. The van der Waals surface area contributed by atoms with Gasteiger partial charge in [0.1, 0.15) is 11.6 Å². The van der Waals surface area contributed by atoms with E-state index in [0.29, 0.717) is 11.9 Å². The fourth-order valence-electron chi connectivity index (χ4n) is 1.59. The average molecular weight is 207 g/mol. The molecule has 1 saturated carbocycles. The maximum Gasteiger partial charge on any atom is 0.252 e. The van der Waals surface area contributed by atoms with Crippen LogP contribution in [0, 0.1) is 0 Å². The van der Waals surface area contributed by atoms with Crippen molar-refractivity contribution in [3.63, 3.8) is 0 Å². The largest absolute Gasteiger partial charge is 0.367 e. The zero-order valence-electron chi connectivity index (χ0n) is 9.21. The highest BCUT2D eigenvalue weighted by Crippen LogP contribution is 2.22. The van der Waals surface area contributed by atoms with Gasteiger partial charge in [-0.1, -0.05) is 13.8 Å². The van der Waals surface area contributed by atoms with Gasteiger partial charge in [0.2, 0.25) is 0 Å². The second kappa shape index (κ2) is 4.04. The molecule has 0 saturated heterocycles. The topological polar surface area (TPSA) is 57.8 Å². The molecule has 1 heterocycles. The van der Waals surface area contributed by atoms with E-state index in [-0.39, 0.29) is 11.5 Å². The van der Waals surface area contributed by atoms with Gasteiger partial charge in [-0.15, -0.1) is 0 Å². The Morgan fingerprint density at radius 1 is 1.53 bits per heavy atom. The minimum atomic E-state index is -0.0736. The molecule has 4 heteroatoms. The van der Waals surface area contributed by atoms with Crippen molar-refractivity contribution in [3.05, 3.63) is 22.2 Å². The van der Waals surface area contributed by atoms with Crippen LogP contribution in [0.3, 0.4) is 0 Å². The Morgan fingerprint density at radius 2 is 2.27 bits per heavy atom. The number of hydrogen-bond donors (Lipinski definition) is 2. The van der Waals surface area contributed by atoms with Gasteiger partial charge in [-0.05, 0) is 19.3 Å². The maximum absolute atomic E-state index is 11.4. The van der Waals surface area contributed by atoms with E-state index in [9.17, 15) is 4.79 Å². The van der Waals surface area contributed by atoms with Crippen molar-refractivity contribution in [2.45, 2.75) is 45.1 Å². The molecule has 1 aliphatic carbocycles. The minimum absolute atomic E-state index is 0.0736. The molecule has 2 rings (SSSR count). The predicted octanol–water partition coefficient (Wildman–Crippen LogP) is 1.86. The third-order valence-electron chi connectivity index (χ3n) is 2.76. The lowest BCUT2D eigenvalue weighted by Gasteiger charge is -2.26. The van der Waals surface area contributed by atoms with Gasteiger partial charge >= 0.3 is 0 Å². The van der Waals surface area contributed by atoms with E-state index < -0.39 is 0 Å². The Labute approximate surface area is 89.1 Å². The molecular formula is C11H17N3O. The van der Waals surface area contributed by atoms with Crippen LogP contribution in [-0.2, 0) is 0 Å². The summed E-state index contributed by atoms with van der Waals surface area (Å²) in [5, 5.41) is 3.28. The van der Waals surface area contributed by atoms with E-state index in [1.165, 1.54) is 25.3 Å². The fraction of sp³-hybridized carbons (Fsp3) is 0.636. The molecule has 0 atom stereocenters. The summed E-state index contributed by atoms with van der Waals surface area (Å²) in [6.07, 6.45) is 3.65. The van der Waals surface area contributed by atoms with Crippen LogP contribution in [0.5, 0.6) is 0 Å². The average Bonchev–Trinajstić information content (AvgIpc) is 2.10. The van der Waals surface area contributed by atoms with Gasteiger partial charge in [-0.3, -0.25) is 4.79 Å². The smallest absolute Gasteiger partial charge is 0.252 e. The number of nitrogens with one attached hydrogen (secondary N) is 2. The molecule has 0 aliphatic heterocycles. The molecule has 15 heavy (non-hydrogen) atoms. The lowest BCUT2D eigenvalue weighted by Crippen LogP contribution is -2.28. The molecule has 0 amide bonds. The number of H-pyrrole nitrogens is 1. The van der Waals surface area contributed by atoms with Crippen LogP contribution in [0.1, 0.15) is 44.9 Å². The van der Waals surface area contributed by atoms with E-state index in [2.05, 4.69) is 15.3 Å². The van der Waals surface area contributed by atoms with E-state index in [4.69, 9.17) is 0 Å². The summed E-state index contributed by atoms with van der Waals surface area (Å²) in [6.45, 7) is 4.04. The number of aromatic amines is 1. The van der Waals surface area contributed by atoms with Crippen molar-refractivity contribution in [3.8, 4) is 0 Å². The molecule has 4 nitrogen and oxygen atoms in total. The lowest BCUT2D eigenvalue weighted by atomic mass is 9.93. The first-order valence-corrected chi connectivity index (χ1v) is 5.53. The number of nitrogens with zero attached hydrogens (tertiary/aromatic N) is 1. The number of hydrogen-bond acceptors (Lipinski definition) is 3. The van der Waals surface area contributed by atoms with Crippen LogP contribution in [0.15, 0.2) is 10.9 Å². The third-order valence-corrected chi connectivity index (χ3v) is 2.76. The molecule has 0 spiro atoms. The molecule has 0 bridgehead atoms. The summed E-state index contributed by atoms with van der Waals surface area (Å²) in [5.74, 6) is 1.72. The number of aromatic nitrogens is 2. The SMILES string of the molecule is CC(C)c1nc(NC2CCC2)cc(=O)[nH]1. The van der Waals surface area contributed by atoms with Crippen LogP contribution in [0.2, 0.25) is 0 Å². The monoisotopic (exact) mass is 207 g/mol. The van der Waals surface area contributed by atoms with E-state index in [1.807, 2.05) is 13.8 Å². The van der Waals surface area contributed by atoms with Gasteiger partial charge in [0.25, 0.3) is 5.56 Å². The Hall–Kier alpha value is -1.32. The summed E-state index contributed by atoms with van der Waals surface area (Å²) >= 11 is 0. The van der Waals surface area contributed by atoms with Crippen molar-refractivity contribution in [1.82, 2.24) is 9.97 Å². The maximum atomic E-state index is 11.4. The molecule has 1 fully saturated rings. The van der Waals surface area contributed by atoms with Gasteiger partial charge in [0.05, 0.1) is 0 Å². The Bertz CT molecular complexity index is 393. The molecule has 1 aromatic heterocycles. The Balaban J connectivity index is 2.18. The van der Waals surface area contributed by atoms with E-state index in [1.54, 1.807) is 0 Å². The van der Waals surface area contributed by atoms with Crippen LogP contribution >= 0.6 is 0 Å². The van der Waals surface area contributed by atoms with Crippen LogP contribution in [-0.4, -0.2) is 16.0 Å². The van der Waals surface area contributed by atoms with Gasteiger partial charge in [0, 0.05) is 18.0 Å². The van der Waals surface area contributed by atoms with Crippen molar-refractivity contribution >= 4 is 5.82 Å². The van der Waals surface area contributed by atoms with Gasteiger partial charge in [0.15, 0.2) is 0 Å². The number of rotatable bonds is 3. The normalized spacial score (nSPS) is 16.5. The molecular weight excluding hydrogens is 190 g/mol. The van der Waals surface area contributed by atoms with Gasteiger partial charge in [-0.2, -0.15) is 0 Å². The first kappa shape index (κ1) is 10.2. The van der Waals surface area contributed by atoms with Crippen LogP contribution in [0.4, 0.5) is 5.82 Å². The fourth-order valence-corrected chi connectivity index (χ4v) is 1.59. The summed E-state index contributed by atoms with van der Waals surface area (Å²) in [6, 6.07) is 2.05. The first-order chi connectivity index (χ1) is 7.15. The van der Waals surface area contributed by atoms with Crippen molar-refractivity contribution in [2.75, 3.05) is 5.32 Å². The second-order valence-corrected chi connectivity index (χ2v) is 4.44. The third kappa shape index (κ3) is 2.37. The predicted molar refractivity (Wildman–Crippen MR) is 60.2 cm³/mol. The highest BCUT2D eigenvalue weighted by Gasteiger charge is 2.17. The molecule has 1 aromatic rings. The second-order valence-electron chi connectivity index (χ2n) is 4.44. The molecule has 1 aliphatic rings. The molecule has 0 aromatic carbocycles. The van der Waals surface area contributed by atoms with Crippen molar-refractivity contribution < 1.29 is 0 Å². The zero-order valence-corrected chi connectivity index (χ0v) is 9.21. The Kier molecular flexibility index (Phi) is 2.75. The number of anilines is 1. The highest BCUT2D eigenvalue weighted by atomic mass is 16.1. The lowest BCUT2D eigenvalue weighted by molar-refractivity contribution is 0.444. The summed E-state index contributed by atoms with van der Waals surface area (Å²) in [4.78, 5) is 18.5. The minimum Gasteiger partial charge on any atom is -0.367 e. The zero-order chi connectivity index (χ0) is 10.8. The van der Waals surface area contributed by atoms with Crippen LogP contribution < -0.4 is 10.9 Å². The molecule has 0 unspecified atom stereocenters. The standard InChI is InChI=1S/C11H17N3O/c1-7(2)11-13-9(6-10(15)14-11)12-8-4-3-5-8/h6-8H,3-5H2,1-2H3,(H2,12,13,14,15).